The van der Waals surface area contributed by atoms with E-state index < -0.39 is 18.0 Å². The summed E-state index contributed by atoms with van der Waals surface area (Å²) in [5.74, 6) is -0.0642. The lowest BCUT2D eigenvalue weighted by molar-refractivity contribution is -0.150. The molecule has 2 aromatic rings. The number of hydrogen-bond acceptors (Lipinski definition) is 8. The van der Waals surface area contributed by atoms with Crippen molar-refractivity contribution >= 4 is 41.1 Å². The molecule has 0 aliphatic heterocycles. The first-order valence-corrected chi connectivity index (χ1v) is 9.48. The zero-order chi connectivity index (χ0) is 20.5. The minimum atomic E-state index is -0.995. The molecular weight excluding hydrogens is 386 g/mol. The number of ether oxygens (including phenoxy) is 2. The fourth-order valence-corrected chi connectivity index (χ4v) is 2.69. The number of esters is 1. The summed E-state index contributed by atoms with van der Waals surface area (Å²) < 4.78 is 15.1. The number of aromatic nitrogens is 1. The third-order valence-corrected chi connectivity index (χ3v) is 4.30. The zero-order valence-electron chi connectivity index (χ0n) is 15.7. The molecule has 10 heteroatoms. The number of methoxy groups -OCH3 is 1. The number of benzene rings is 1. The number of amides is 2. The molecule has 9 nitrogen and oxygen atoms in total. The molecule has 1 heterocycles. The van der Waals surface area contributed by atoms with Gasteiger partial charge >= 0.3 is 5.97 Å². The van der Waals surface area contributed by atoms with Crippen molar-refractivity contribution in [2.75, 3.05) is 29.2 Å². The molecule has 2 amide bonds. The summed E-state index contributed by atoms with van der Waals surface area (Å²) in [6.07, 6.45) is -0.995. The van der Waals surface area contributed by atoms with Crippen molar-refractivity contribution in [1.29, 1.82) is 0 Å². The molecule has 150 valence electrons. The van der Waals surface area contributed by atoms with Gasteiger partial charge in [-0.25, -0.2) is 0 Å². The average molecular weight is 407 g/mol. The highest BCUT2D eigenvalue weighted by molar-refractivity contribution is 8.00. The van der Waals surface area contributed by atoms with Crippen LogP contribution in [0.15, 0.2) is 34.9 Å². The molecule has 0 aliphatic carbocycles. The molecule has 0 fully saturated rings. The molecule has 1 aromatic carbocycles. The molecule has 28 heavy (non-hydrogen) atoms. The first-order chi connectivity index (χ1) is 13.4. The van der Waals surface area contributed by atoms with Crippen LogP contribution < -0.4 is 15.4 Å². The SMILES string of the molecule is COc1ccccc1NC(=O)[C@H](C)OC(=O)CSCC(=O)Nc1cc(C)on1. The topological polar surface area (TPSA) is 120 Å². The van der Waals surface area contributed by atoms with Gasteiger partial charge in [0.15, 0.2) is 11.9 Å². The summed E-state index contributed by atoms with van der Waals surface area (Å²) in [4.78, 5) is 35.8. The van der Waals surface area contributed by atoms with Crippen LogP contribution in [-0.4, -0.2) is 47.7 Å². The Morgan fingerprint density at radius 1 is 1.21 bits per heavy atom. The van der Waals surface area contributed by atoms with Crippen LogP contribution >= 0.6 is 11.8 Å². The molecular formula is C18H21N3O6S. The third kappa shape index (κ3) is 6.62. The first kappa shape index (κ1) is 21.3. The number of hydrogen-bond donors (Lipinski definition) is 2. The van der Waals surface area contributed by atoms with E-state index in [0.29, 0.717) is 23.0 Å². The maximum atomic E-state index is 12.2. The van der Waals surface area contributed by atoms with Crippen molar-refractivity contribution in [2.24, 2.45) is 0 Å². The number of anilines is 2. The fraction of sp³-hybridized carbons (Fsp3) is 0.333. The number of aryl methyl sites for hydroxylation is 1. The minimum Gasteiger partial charge on any atom is -0.495 e. The van der Waals surface area contributed by atoms with Gasteiger partial charge in [-0.15, -0.1) is 11.8 Å². The largest absolute Gasteiger partial charge is 0.495 e. The average Bonchev–Trinajstić information content (AvgIpc) is 3.06. The van der Waals surface area contributed by atoms with E-state index in [-0.39, 0.29) is 17.4 Å². The standard InChI is InChI=1S/C18H21N3O6S/c1-11-8-15(21-27-11)20-16(22)9-28-10-17(23)26-12(2)18(24)19-13-6-4-5-7-14(13)25-3/h4-8,12H,9-10H2,1-3H3,(H,19,24)(H,20,21,22)/t12-/m0/s1. The normalized spacial score (nSPS) is 11.4. The van der Waals surface area contributed by atoms with Crippen LogP contribution in [0.1, 0.15) is 12.7 Å². The number of carbonyl (C=O) groups excluding carboxylic acids is 3. The lowest BCUT2D eigenvalue weighted by Gasteiger charge is -2.15. The lowest BCUT2D eigenvalue weighted by atomic mass is 10.2. The summed E-state index contributed by atoms with van der Waals surface area (Å²) in [5, 5.41) is 8.83. The highest BCUT2D eigenvalue weighted by Gasteiger charge is 2.19. The molecule has 0 unspecified atom stereocenters. The van der Waals surface area contributed by atoms with Crippen molar-refractivity contribution in [2.45, 2.75) is 20.0 Å². The van der Waals surface area contributed by atoms with E-state index in [1.165, 1.54) is 14.0 Å². The number of carbonyl (C=O) groups is 3. The van der Waals surface area contributed by atoms with Crippen LogP contribution in [0, 0.1) is 6.92 Å². The van der Waals surface area contributed by atoms with Crippen molar-refractivity contribution in [3.05, 3.63) is 36.1 Å². The Hall–Kier alpha value is -3.01. The van der Waals surface area contributed by atoms with Gasteiger partial charge < -0.3 is 24.6 Å². The van der Waals surface area contributed by atoms with Crippen molar-refractivity contribution in [3.8, 4) is 5.75 Å². The Morgan fingerprint density at radius 3 is 2.64 bits per heavy atom. The number of rotatable bonds is 9. The Morgan fingerprint density at radius 2 is 1.96 bits per heavy atom. The molecule has 0 bridgehead atoms. The molecule has 1 aromatic heterocycles. The second-order valence-corrected chi connectivity index (χ2v) is 6.67. The van der Waals surface area contributed by atoms with Crippen LogP contribution in [-0.2, 0) is 19.1 Å². The van der Waals surface area contributed by atoms with E-state index in [1.807, 2.05) is 0 Å². The van der Waals surface area contributed by atoms with Crippen LogP contribution in [0.5, 0.6) is 5.75 Å². The molecule has 2 N–H and O–H groups in total. The summed E-state index contributed by atoms with van der Waals surface area (Å²) in [6.45, 7) is 3.17. The second kappa shape index (κ2) is 10.4. The van der Waals surface area contributed by atoms with Crippen molar-refractivity contribution in [3.63, 3.8) is 0 Å². The van der Waals surface area contributed by atoms with Gasteiger partial charge in [0.05, 0.1) is 24.3 Å². The molecule has 0 saturated carbocycles. The van der Waals surface area contributed by atoms with Crippen LogP contribution in [0.2, 0.25) is 0 Å². The van der Waals surface area contributed by atoms with E-state index in [1.54, 1.807) is 37.3 Å². The Kier molecular flexibility index (Phi) is 7.88. The van der Waals surface area contributed by atoms with E-state index in [9.17, 15) is 14.4 Å². The maximum absolute atomic E-state index is 12.2. The Balaban J connectivity index is 1.71. The van der Waals surface area contributed by atoms with Gasteiger partial charge in [-0.2, -0.15) is 0 Å². The fourth-order valence-electron chi connectivity index (χ4n) is 2.10. The number of thioether (sulfide) groups is 1. The number of para-hydroxylation sites is 2. The molecule has 2 rings (SSSR count). The Labute approximate surface area is 166 Å². The molecule has 0 radical (unpaired) electrons. The van der Waals surface area contributed by atoms with Gasteiger partial charge in [0.2, 0.25) is 5.91 Å². The van der Waals surface area contributed by atoms with E-state index in [2.05, 4.69) is 15.8 Å². The monoisotopic (exact) mass is 407 g/mol. The van der Waals surface area contributed by atoms with Crippen molar-refractivity contribution in [1.82, 2.24) is 5.16 Å². The van der Waals surface area contributed by atoms with Gasteiger partial charge in [-0.05, 0) is 26.0 Å². The van der Waals surface area contributed by atoms with Crippen LogP contribution in [0.3, 0.4) is 0 Å². The summed E-state index contributed by atoms with van der Waals surface area (Å²) in [5.41, 5.74) is 0.479. The molecule has 0 aliphatic rings. The quantitative estimate of drug-likeness (QED) is 0.607. The minimum absolute atomic E-state index is 0.0306. The highest BCUT2D eigenvalue weighted by atomic mass is 32.2. The Bertz CT molecular complexity index is 838. The summed E-state index contributed by atoms with van der Waals surface area (Å²) >= 11 is 1.06. The molecule has 1 atom stereocenters. The number of nitrogens with one attached hydrogen (secondary N) is 2. The first-order valence-electron chi connectivity index (χ1n) is 8.33. The summed E-state index contributed by atoms with van der Waals surface area (Å²) in [7, 11) is 1.49. The molecule has 0 spiro atoms. The van der Waals surface area contributed by atoms with E-state index >= 15 is 0 Å². The predicted molar refractivity (Wildman–Crippen MR) is 104 cm³/mol. The van der Waals surface area contributed by atoms with Gasteiger partial charge in [0.25, 0.3) is 5.91 Å². The van der Waals surface area contributed by atoms with Crippen LogP contribution in [0.4, 0.5) is 11.5 Å². The predicted octanol–water partition coefficient (Wildman–Crippen LogP) is 2.23. The van der Waals surface area contributed by atoms with E-state index in [4.69, 9.17) is 14.0 Å². The number of nitrogens with zero attached hydrogens (tertiary/aromatic N) is 1. The van der Waals surface area contributed by atoms with Gasteiger partial charge in [0.1, 0.15) is 11.5 Å². The third-order valence-electron chi connectivity index (χ3n) is 3.39. The van der Waals surface area contributed by atoms with Gasteiger partial charge in [-0.1, -0.05) is 17.3 Å². The van der Waals surface area contributed by atoms with Gasteiger partial charge in [0, 0.05) is 6.07 Å². The molecule has 0 saturated heterocycles. The van der Waals surface area contributed by atoms with E-state index in [0.717, 1.165) is 11.8 Å². The smallest absolute Gasteiger partial charge is 0.316 e. The maximum Gasteiger partial charge on any atom is 0.316 e. The lowest BCUT2D eigenvalue weighted by Crippen LogP contribution is -2.30. The highest BCUT2D eigenvalue weighted by Crippen LogP contribution is 2.23. The summed E-state index contributed by atoms with van der Waals surface area (Å²) in [6, 6.07) is 8.48. The van der Waals surface area contributed by atoms with Gasteiger partial charge in [-0.3, -0.25) is 14.4 Å². The zero-order valence-corrected chi connectivity index (χ0v) is 16.5. The van der Waals surface area contributed by atoms with Crippen molar-refractivity contribution < 1.29 is 28.4 Å². The van der Waals surface area contributed by atoms with Crippen LogP contribution in [0.25, 0.3) is 0 Å². The second-order valence-electron chi connectivity index (χ2n) is 5.69.